The summed E-state index contributed by atoms with van der Waals surface area (Å²) in [6.45, 7) is 2.39. The van der Waals surface area contributed by atoms with Crippen molar-refractivity contribution < 1.29 is 22.5 Å². The molecule has 1 amide bonds. The summed E-state index contributed by atoms with van der Waals surface area (Å²) < 4.78 is 43.8. The molecule has 10 heteroatoms. The number of aromatic nitrogens is 4. The van der Waals surface area contributed by atoms with Crippen molar-refractivity contribution in [2.24, 2.45) is 0 Å². The lowest BCUT2D eigenvalue weighted by Gasteiger charge is -2.16. The number of carbonyl (C=O) groups excluding carboxylic acids is 1. The van der Waals surface area contributed by atoms with Crippen LogP contribution in [0, 0.1) is 6.92 Å². The molecule has 0 bridgehead atoms. The van der Waals surface area contributed by atoms with Crippen LogP contribution in [0.15, 0.2) is 28.9 Å². The lowest BCUT2D eigenvalue weighted by atomic mass is 10.1. The zero-order chi connectivity index (χ0) is 18.5. The summed E-state index contributed by atoms with van der Waals surface area (Å²) in [5.74, 6) is -2.00. The van der Waals surface area contributed by atoms with Gasteiger partial charge in [-0.05, 0) is 25.5 Å². The summed E-state index contributed by atoms with van der Waals surface area (Å²) in [5, 5.41) is 3.43. The van der Waals surface area contributed by atoms with Crippen molar-refractivity contribution in [3.63, 3.8) is 0 Å². The van der Waals surface area contributed by atoms with E-state index in [1.165, 1.54) is 0 Å². The van der Waals surface area contributed by atoms with Crippen molar-refractivity contribution in [2.75, 3.05) is 13.1 Å². The second kappa shape index (κ2) is 5.82. The van der Waals surface area contributed by atoms with Crippen molar-refractivity contribution >= 4 is 11.6 Å². The van der Waals surface area contributed by atoms with Gasteiger partial charge in [0.2, 0.25) is 0 Å². The van der Waals surface area contributed by atoms with Crippen LogP contribution in [-0.4, -0.2) is 43.4 Å². The van der Waals surface area contributed by atoms with Crippen molar-refractivity contribution in [3.05, 3.63) is 47.5 Å². The number of fused-ring (bicyclic) bond motifs is 1. The third kappa shape index (κ3) is 2.71. The SMILES string of the molecule is Cc1nc2ccccn2c1C(=O)N1CCC(c2noc(C(F)(F)F)n2)C1. The number of alkyl halides is 3. The van der Waals surface area contributed by atoms with Gasteiger partial charge >= 0.3 is 12.1 Å². The first-order valence-electron chi connectivity index (χ1n) is 7.98. The molecule has 26 heavy (non-hydrogen) atoms. The van der Waals surface area contributed by atoms with E-state index in [1.807, 2.05) is 6.07 Å². The van der Waals surface area contributed by atoms with Crippen LogP contribution in [0.4, 0.5) is 13.2 Å². The number of halogens is 3. The minimum Gasteiger partial charge on any atom is -0.337 e. The molecule has 0 radical (unpaired) electrons. The van der Waals surface area contributed by atoms with E-state index in [9.17, 15) is 18.0 Å². The average Bonchev–Trinajstić information content (AvgIpc) is 3.30. The van der Waals surface area contributed by atoms with E-state index < -0.39 is 18.0 Å². The Labute approximate surface area is 145 Å². The van der Waals surface area contributed by atoms with Crippen molar-refractivity contribution in [2.45, 2.75) is 25.4 Å². The lowest BCUT2D eigenvalue weighted by molar-refractivity contribution is -0.159. The standard InChI is InChI=1S/C16H14F3N5O2/c1-9-12(24-6-3-2-4-11(24)20-9)14(25)23-7-5-10(8-23)13-21-15(26-22-13)16(17,18)19/h2-4,6,10H,5,7-8H2,1H3. The van der Waals surface area contributed by atoms with Gasteiger partial charge in [-0.25, -0.2) is 4.98 Å². The Balaban J connectivity index is 1.56. The number of carbonyl (C=O) groups is 1. The zero-order valence-corrected chi connectivity index (χ0v) is 13.7. The summed E-state index contributed by atoms with van der Waals surface area (Å²) in [6.07, 6.45) is -2.45. The first kappa shape index (κ1) is 16.6. The molecule has 1 saturated heterocycles. The third-order valence-corrected chi connectivity index (χ3v) is 4.43. The molecule has 3 aromatic heterocycles. The molecule has 3 aromatic rings. The van der Waals surface area contributed by atoms with E-state index in [0.29, 0.717) is 30.0 Å². The number of hydrogen-bond donors (Lipinski definition) is 0. The fourth-order valence-corrected chi connectivity index (χ4v) is 3.19. The van der Waals surface area contributed by atoms with Crippen LogP contribution < -0.4 is 0 Å². The molecule has 7 nitrogen and oxygen atoms in total. The van der Waals surface area contributed by atoms with Gasteiger partial charge in [0.25, 0.3) is 5.91 Å². The number of amides is 1. The molecule has 4 rings (SSSR count). The maximum absolute atomic E-state index is 12.9. The second-order valence-corrected chi connectivity index (χ2v) is 6.17. The highest BCUT2D eigenvalue weighted by atomic mass is 19.4. The first-order chi connectivity index (χ1) is 12.3. The maximum Gasteiger partial charge on any atom is 0.471 e. The van der Waals surface area contributed by atoms with Crippen LogP contribution in [-0.2, 0) is 6.18 Å². The van der Waals surface area contributed by atoms with E-state index >= 15 is 0 Å². The minimum atomic E-state index is -4.67. The lowest BCUT2D eigenvalue weighted by Crippen LogP contribution is -2.30. The summed E-state index contributed by atoms with van der Waals surface area (Å²) in [6, 6.07) is 5.43. The van der Waals surface area contributed by atoms with E-state index in [1.54, 1.807) is 34.6 Å². The summed E-state index contributed by atoms with van der Waals surface area (Å²) in [7, 11) is 0. The molecule has 136 valence electrons. The van der Waals surface area contributed by atoms with Crippen LogP contribution in [0.2, 0.25) is 0 Å². The summed E-state index contributed by atoms with van der Waals surface area (Å²) >= 11 is 0. The topological polar surface area (TPSA) is 76.5 Å². The maximum atomic E-state index is 12.9. The highest BCUT2D eigenvalue weighted by Gasteiger charge is 2.40. The Kier molecular flexibility index (Phi) is 3.70. The molecule has 0 N–H and O–H groups in total. The van der Waals surface area contributed by atoms with Gasteiger partial charge in [0.15, 0.2) is 5.82 Å². The Morgan fingerprint density at radius 1 is 1.31 bits per heavy atom. The molecular weight excluding hydrogens is 351 g/mol. The summed E-state index contributed by atoms with van der Waals surface area (Å²) in [4.78, 5) is 22.3. The van der Waals surface area contributed by atoms with E-state index in [0.717, 1.165) is 0 Å². The molecule has 1 unspecified atom stereocenters. The molecular formula is C16H14F3N5O2. The van der Waals surface area contributed by atoms with Gasteiger partial charge in [-0.2, -0.15) is 18.2 Å². The van der Waals surface area contributed by atoms with Gasteiger partial charge in [-0.15, -0.1) is 0 Å². The molecule has 1 aliphatic rings. The molecule has 1 fully saturated rings. The van der Waals surface area contributed by atoms with Crippen LogP contribution >= 0.6 is 0 Å². The monoisotopic (exact) mass is 365 g/mol. The molecule has 0 aliphatic carbocycles. The number of nitrogens with zero attached hydrogens (tertiary/aromatic N) is 5. The highest BCUT2D eigenvalue weighted by Crippen LogP contribution is 2.31. The van der Waals surface area contributed by atoms with Crippen molar-refractivity contribution in [3.8, 4) is 0 Å². The van der Waals surface area contributed by atoms with Crippen LogP contribution in [0.1, 0.15) is 40.2 Å². The quantitative estimate of drug-likeness (QED) is 0.698. The number of imidazole rings is 1. The number of aryl methyl sites for hydroxylation is 1. The molecule has 0 saturated carbocycles. The van der Waals surface area contributed by atoms with Crippen LogP contribution in [0.5, 0.6) is 0 Å². The number of rotatable bonds is 2. The van der Waals surface area contributed by atoms with E-state index in [4.69, 9.17) is 0 Å². The molecule has 1 atom stereocenters. The number of likely N-dealkylation sites (tertiary alicyclic amines) is 1. The molecule has 0 spiro atoms. The van der Waals surface area contributed by atoms with E-state index in [-0.39, 0.29) is 18.3 Å². The predicted octanol–water partition coefficient (Wildman–Crippen LogP) is 2.67. The van der Waals surface area contributed by atoms with Gasteiger partial charge in [0, 0.05) is 25.2 Å². The Bertz CT molecular complexity index is 978. The van der Waals surface area contributed by atoms with Crippen LogP contribution in [0.3, 0.4) is 0 Å². The number of pyridine rings is 1. The highest BCUT2D eigenvalue weighted by molar-refractivity contribution is 5.95. The van der Waals surface area contributed by atoms with Gasteiger partial charge in [-0.3, -0.25) is 9.20 Å². The Morgan fingerprint density at radius 2 is 2.12 bits per heavy atom. The van der Waals surface area contributed by atoms with Gasteiger partial charge in [-0.1, -0.05) is 11.2 Å². The fraction of sp³-hybridized carbons (Fsp3) is 0.375. The third-order valence-electron chi connectivity index (χ3n) is 4.43. The molecule has 1 aliphatic heterocycles. The summed E-state index contributed by atoms with van der Waals surface area (Å²) in [5.41, 5.74) is 1.71. The normalized spacial score (nSPS) is 18.0. The Hall–Kier alpha value is -2.91. The van der Waals surface area contributed by atoms with Crippen molar-refractivity contribution in [1.82, 2.24) is 24.4 Å². The smallest absolute Gasteiger partial charge is 0.337 e. The first-order valence-corrected chi connectivity index (χ1v) is 7.98. The van der Waals surface area contributed by atoms with Crippen molar-refractivity contribution in [1.29, 1.82) is 0 Å². The van der Waals surface area contributed by atoms with E-state index in [2.05, 4.69) is 19.6 Å². The largest absolute Gasteiger partial charge is 0.471 e. The number of hydrogen-bond acceptors (Lipinski definition) is 5. The molecule has 0 aromatic carbocycles. The molecule has 4 heterocycles. The minimum absolute atomic E-state index is 0.0255. The predicted molar refractivity (Wildman–Crippen MR) is 82.5 cm³/mol. The second-order valence-electron chi connectivity index (χ2n) is 6.17. The fourth-order valence-electron chi connectivity index (χ4n) is 3.19. The van der Waals surface area contributed by atoms with Gasteiger partial charge < -0.3 is 9.42 Å². The van der Waals surface area contributed by atoms with Gasteiger partial charge in [0.1, 0.15) is 11.3 Å². The average molecular weight is 365 g/mol. The van der Waals surface area contributed by atoms with Crippen LogP contribution in [0.25, 0.3) is 5.65 Å². The Morgan fingerprint density at radius 3 is 2.85 bits per heavy atom. The van der Waals surface area contributed by atoms with Gasteiger partial charge in [0.05, 0.1) is 5.69 Å². The zero-order valence-electron chi connectivity index (χ0n) is 13.7.